The highest BCUT2D eigenvalue weighted by Crippen LogP contribution is 2.41. The van der Waals surface area contributed by atoms with Crippen LogP contribution in [-0.2, 0) is 75.3 Å². The van der Waals surface area contributed by atoms with Gasteiger partial charge in [-0.3, -0.25) is 57.7 Å². The standard InChI is InChI=1S/C58H72F2N12O14/c1-34(66-47(76)26-36-18-21-62-22-19-36)54(82)67-35(2)55(83)69-43(29-45(61)74)57(85)68-42(56(84)64-24-23-63-48(77)30-65-46(75)12-9-13-52(81)86-72-49(78)16-17-50(72)79)20-25-71(51(80)33-73)53(58(3,4)5)44-27-38(40-28-39(59)14-15-41(40)60)32-70(44)31-37-10-7-6-8-11-37/h6-8,10-11,14-15,18-19,21-22,27-28,32,34-35,42-43,53,73H,9,12-13,16-17,20,23-26,29-31,33H2,1-5H3,(H2,61,74)(H,63,77)(H,64,84)(H,65,75)(H,66,76)(H,67,82)(H,68,85)(H,69,83)/t34-,35-,42-,43-,53-/m0/s1/i/hD. The topological polar surface area (TPSA) is 369 Å². The van der Waals surface area contributed by atoms with Gasteiger partial charge in [-0.05, 0) is 79.6 Å². The Hall–Kier alpha value is -9.47. The van der Waals surface area contributed by atoms with Gasteiger partial charge >= 0.3 is 5.97 Å². The zero-order valence-corrected chi connectivity index (χ0v) is 48.2. The minimum atomic E-state index is -1.81. The van der Waals surface area contributed by atoms with Crippen LogP contribution in [0.15, 0.2) is 85.3 Å². The first kappa shape index (κ1) is 65.7. The van der Waals surface area contributed by atoms with Crippen LogP contribution in [0, 0.1) is 17.0 Å². The predicted octanol–water partition coefficient (Wildman–Crippen LogP) is 0.398. The Balaban J connectivity index is 1.35. The van der Waals surface area contributed by atoms with Crippen molar-refractivity contribution in [2.75, 3.05) is 32.8 Å². The molecule has 0 spiro atoms. The summed E-state index contributed by atoms with van der Waals surface area (Å²) in [4.78, 5) is 165. The Morgan fingerprint density at radius 2 is 1.42 bits per heavy atom. The molecule has 1 aliphatic rings. The van der Waals surface area contributed by atoms with Crippen LogP contribution in [0.5, 0.6) is 0 Å². The number of imide groups is 1. The van der Waals surface area contributed by atoms with Crippen molar-refractivity contribution in [1.82, 2.24) is 56.7 Å². The van der Waals surface area contributed by atoms with Gasteiger partial charge in [-0.2, -0.15) is 0 Å². The molecule has 1 saturated heterocycles. The molecule has 10 N–H and O–H groups in total. The number of pyridine rings is 1. The highest BCUT2D eigenvalue weighted by molar-refractivity contribution is 6.01. The minimum Gasteiger partial charge on any atom is -0.387 e. The fraction of sp³-hybridized carbons (Fsp3) is 0.431. The van der Waals surface area contributed by atoms with E-state index < -0.39 is 151 Å². The number of aliphatic hydroxyl groups is 1. The molecule has 1 aliphatic heterocycles. The van der Waals surface area contributed by atoms with Crippen molar-refractivity contribution >= 4 is 70.9 Å². The van der Waals surface area contributed by atoms with Crippen molar-refractivity contribution in [3.63, 3.8) is 0 Å². The number of nitrogens with one attached hydrogen (secondary N) is 7. The number of rotatable bonds is 31. The maximum Gasteiger partial charge on any atom is 0.333 e. The predicted molar refractivity (Wildman–Crippen MR) is 302 cm³/mol. The molecule has 26 nitrogen and oxygen atoms in total. The molecule has 11 amide bonds. The van der Waals surface area contributed by atoms with E-state index in [2.05, 4.69) is 36.9 Å². The zero-order chi connectivity index (χ0) is 64.1. The van der Waals surface area contributed by atoms with Crippen LogP contribution in [0.3, 0.4) is 0 Å². The zero-order valence-electron chi connectivity index (χ0n) is 49.2. The summed E-state index contributed by atoms with van der Waals surface area (Å²) in [5, 5.41) is 25.9. The van der Waals surface area contributed by atoms with E-state index in [1.54, 1.807) is 67.9 Å². The van der Waals surface area contributed by atoms with Crippen LogP contribution in [0.2, 0.25) is 1.41 Å². The lowest BCUT2D eigenvalue weighted by atomic mass is 9.82. The van der Waals surface area contributed by atoms with Crippen molar-refractivity contribution in [3.05, 3.63) is 114 Å². The summed E-state index contributed by atoms with van der Waals surface area (Å²) < 4.78 is 40.1. The Labute approximate surface area is 495 Å². The van der Waals surface area contributed by atoms with Gasteiger partial charge in [0, 0.05) is 87.3 Å². The number of nitrogens with zero attached hydrogens (tertiary/aromatic N) is 4. The number of hydrogen-bond donors (Lipinski definition) is 9. The molecule has 0 unspecified atom stereocenters. The van der Waals surface area contributed by atoms with Crippen LogP contribution in [0.4, 0.5) is 8.78 Å². The van der Waals surface area contributed by atoms with Crippen molar-refractivity contribution < 1.29 is 77.7 Å². The molecule has 0 aliphatic carbocycles. The number of nitrogens with two attached hydrogens (primary N) is 1. The van der Waals surface area contributed by atoms with E-state index in [4.69, 9.17) is 12.0 Å². The molecule has 0 saturated carbocycles. The monoisotopic (exact) mass is 1200 g/mol. The second-order valence-electron chi connectivity index (χ2n) is 21.3. The first-order valence-electron chi connectivity index (χ1n) is 28.0. The van der Waals surface area contributed by atoms with E-state index in [1.165, 1.54) is 31.1 Å². The van der Waals surface area contributed by atoms with Gasteiger partial charge < -0.3 is 62.4 Å². The van der Waals surface area contributed by atoms with Crippen molar-refractivity contribution in [2.45, 2.75) is 123 Å². The number of aliphatic hydroxyl groups excluding tert-OH is 1. The number of amides is 11. The van der Waals surface area contributed by atoms with E-state index in [1.807, 2.05) is 12.1 Å². The third-order valence-corrected chi connectivity index (χ3v) is 13.3. The molecule has 2 aromatic carbocycles. The number of hydrogen-bond acceptors (Lipinski definition) is 15. The molecule has 462 valence electrons. The average Bonchev–Trinajstić information content (AvgIpc) is 2.92. The number of primary amides is 1. The van der Waals surface area contributed by atoms with Gasteiger partial charge in [-0.1, -0.05) is 51.1 Å². The quantitative estimate of drug-likeness (QED) is 0.0243. The Morgan fingerprint density at radius 3 is 2.07 bits per heavy atom. The number of hydroxylamine groups is 2. The molecule has 86 heavy (non-hydrogen) atoms. The van der Waals surface area contributed by atoms with Gasteiger partial charge in [0.25, 0.3) is 11.8 Å². The summed E-state index contributed by atoms with van der Waals surface area (Å²) in [7, 11) is 0. The summed E-state index contributed by atoms with van der Waals surface area (Å²) in [6, 6.07) is 9.36. The van der Waals surface area contributed by atoms with Crippen LogP contribution in [0.25, 0.3) is 11.1 Å². The van der Waals surface area contributed by atoms with Gasteiger partial charge in [-0.15, -0.1) is 5.06 Å². The first-order chi connectivity index (χ1) is 41.2. The Kier molecular flexibility index (Phi) is 24.4. The van der Waals surface area contributed by atoms with Crippen molar-refractivity contribution in [3.8, 4) is 11.1 Å². The van der Waals surface area contributed by atoms with E-state index in [0.29, 0.717) is 21.6 Å². The lowest BCUT2D eigenvalue weighted by molar-refractivity contribution is -0.197. The van der Waals surface area contributed by atoms with E-state index in [0.717, 1.165) is 23.8 Å². The molecule has 0 bridgehead atoms. The SMILES string of the molecule is [2H]N(C(=O)Cc1ccncc1)[C@@H](C)C(=O)N[C@@H](C)C(=O)N[C@@H](CC(N)=O)C(=O)N[C@@H](CCN(C(=O)CO)[C@@H](c1cc(-c2cc(F)ccc2F)cn1Cc1ccccc1)C(C)(C)C)C(=O)NCCNC(=O)CNC(=O)CCCC(=O)ON1C(=O)CCC1=O. The second kappa shape index (κ2) is 32.0. The summed E-state index contributed by atoms with van der Waals surface area (Å²) in [5.74, 6) is -11.8. The number of aromatic nitrogens is 2. The van der Waals surface area contributed by atoms with Gasteiger partial charge in [0.2, 0.25) is 53.2 Å². The number of carbonyl (C=O) groups is 12. The molecule has 0 radical (unpaired) electrons. The minimum absolute atomic E-state index is 0.0485. The first-order valence-corrected chi connectivity index (χ1v) is 27.5. The smallest absolute Gasteiger partial charge is 0.333 e. The van der Waals surface area contributed by atoms with Gasteiger partial charge in [-0.25, -0.2) is 13.6 Å². The molecule has 4 aromatic rings. The maximum absolute atomic E-state index is 15.5. The van der Waals surface area contributed by atoms with E-state index in [-0.39, 0.29) is 69.3 Å². The van der Waals surface area contributed by atoms with Crippen LogP contribution < -0.4 is 42.9 Å². The molecule has 1 fully saturated rings. The molecule has 5 atom stereocenters. The Morgan fingerprint density at radius 1 is 0.767 bits per heavy atom. The summed E-state index contributed by atoms with van der Waals surface area (Å²) >= 11 is 0. The fourth-order valence-corrected chi connectivity index (χ4v) is 9.05. The highest BCUT2D eigenvalue weighted by atomic mass is 19.1. The summed E-state index contributed by atoms with van der Waals surface area (Å²) in [6.45, 7) is 5.40. The molecule has 3 heterocycles. The van der Waals surface area contributed by atoms with Gasteiger partial charge in [0.05, 0.1) is 25.4 Å². The second-order valence-corrected chi connectivity index (χ2v) is 21.3. The third kappa shape index (κ3) is 20.7. The molecule has 28 heteroatoms. The van der Waals surface area contributed by atoms with Crippen LogP contribution >= 0.6 is 0 Å². The van der Waals surface area contributed by atoms with E-state index in [9.17, 15) is 67.0 Å². The fourth-order valence-electron chi connectivity index (χ4n) is 9.05. The van der Waals surface area contributed by atoms with Crippen LogP contribution in [0.1, 0.15) is 102 Å². The highest BCUT2D eigenvalue weighted by Gasteiger charge is 2.39. The number of benzene rings is 2. The number of halogens is 2. The Bertz CT molecular complexity index is 3150. The molecular formula is C58H72F2N12O14. The summed E-state index contributed by atoms with van der Waals surface area (Å²) in [5.41, 5.74) is 6.45. The molecular weight excluding hydrogens is 1130 g/mol. The lowest BCUT2D eigenvalue weighted by Crippen LogP contribution is -2.58. The normalized spacial score (nSPS) is 14.0. The molecule has 2 aromatic heterocycles. The summed E-state index contributed by atoms with van der Waals surface area (Å²) in [6.07, 6.45) is 2.17. The molecule has 5 rings (SSSR count). The average molecular weight is 1200 g/mol. The maximum atomic E-state index is 15.5. The van der Waals surface area contributed by atoms with Gasteiger partial charge in [0.1, 0.15) is 42.4 Å². The largest absolute Gasteiger partial charge is 0.387 e. The van der Waals surface area contributed by atoms with E-state index >= 15 is 4.39 Å². The van der Waals surface area contributed by atoms with Crippen molar-refractivity contribution in [2.24, 2.45) is 11.1 Å². The van der Waals surface area contributed by atoms with Gasteiger partial charge in [0.15, 0.2) is 1.41 Å². The van der Waals surface area contributed by atoms with Crippen LogP contribution in [-0.4, -0.2) is 153 Å². The number of carbonyl (C=O) groups excluding carboxylic acids is 12. The third-order valence-electron chi connectivity index (χ3n) is 13.3. The lowest BCUT2D eigenvalue weighted by Gasteiger charge is -2.41. The van der Waals surface area contributed by atoms with Crippen molar-refractivity contribution in [1.29, 1.82) is 0 Å².